The molecule has 0 atom stereocenters. The minimum Gasteiger partial charge on any atom is -0.478 e. The standard InChI is InChI=1S/C11H7ClFN3O4/c12-8-5-15(14-10(8)16(19)20)4-7-3-6(11(17)18)1-2-9(7)13/h1-3,5H,4H2,(H,17,18). The molecule has 0 aliphatic heterocycles. The Labute approximate surface area is 116 Å². The predicted octanol–water partition coefficient (Wildman–Crippen LogP) is 2.33. The summed E-state index contributed by atoms with van der Waals surface area (Å²) in [6.45, 7) is -0.166. The highest BCUT2D eigenvalue weighted by molar-refractivity contribution is 6.32. The minimum atomic E-state index is -1.20. The molecule has 2 rings (SSSR count). The lowest BCUT2D eigenvalue weighted by Gasteiger charge is -2.02. The molecule has 0 unspecified atom stereocenters. The average molecular weight is 300 g/mol. The monoisotopic (exact) mass is 299 g/mol. The van der Waals surface area contributed by atoms with Gasteiger partial charge in [0.1, 0.15) is 5.82 Å². The van der Waals surface area contributed by atoms with Crippen molar-refractivity contribution in [2.24, 2.45) is 0 Å². The van der Waals surface area contributed by atoms with Gasteiger partial charge in [0, 0.05) is 5.56 Å². The van der Waals surface area contributed by atoms with Crippen molar-refractivity contribution in [2.75, 3.05) is 0 Å². The highest BCUT2D eigenvalue weighted by Gasteiger charge is 2.20. The molecule has 0 amide bonds. The number of rotatable bonds is 4. The maximum atomic E-state index is 13.6. The molecule has 1 aromatic carbocycles. The van der Waals surface area contributed by atoms with E-state index < -0.39 is 22.5 Å². The van der Waals surface area contributed by atoms with Crippen molar-refractivity contribution in [1.29, 1.82) is 0 Å². The maximum Gasteiger partial charge on any atom is 0.408 e. The van der Waals surface area contributed by atoms with Crippen LogP contribution in [0.15, 0.2) is 24.4 Å². The Morgan fingerprint density at radius 3 is 2.80 bits per heavy atom. The Morgan fingerprint density at radius 2 is 2.25 bits per heavy atom. The number of aromatic carboxylic acids is 1. The van der Waals surface area contributed by atoms with Crippen molar-refractivity contribution >= 4 is 23.4 Å². The van der Waals surface area contributed by atoms with Gasteiger partial charge in [-0.3, -0.25) is 0 Å². The smallest absolute Gasteiger partial charge is 0.408 e. The summed E-state index contributed by atoms with van der Waals surface area (Å²) < 4.78 is 14.7. The molecular formula is C11H7ClFN3O4. The molecular weight excluding hydrogens is 293 g/mol. The van der Waals surface area contributed by atoms with Crippen LogP contribution in [0, 0.1) is 15.9 Å². The van der Waals surface area contributed by atoms with Gasteiger partial charge in [0.05, 0.1) is 23.4 Å². The maximum absolute atomic E-state index is 13.6. The van der Waals surface area contributed by atoms with Crippen molar-refractivity contribution in [2.45, 2.75) is 6.54 Å². The third-order valence-corrected chi connectivity index (χ3v) is 2.76. The Hall–Kier alpha value is -2.48. The lowest BCUT2D eigenvalue weighted by atomic mass is 10.1. The minimum absolute atomic E-state index is 0.0407. The number of carbonyl (C=O) groups is 1. The average Bonchev–Trinajstić information content (AvgIpc) is 2.73. The van der Waals surface area contributed by atoms with E-state index in [2.05, 4.69) is 5.10 Å². The van der Waals surface area contributed by atoms with E-state index in [9.17, 15) is 19.3 Å². The highest BCUT2D eigenvalue weighted by Crippen LogP contribution is 2.22. The Morgan fingerprint density at radius 1 is 1.55 bits per heavy atom. The van der Waals surface area contributed by atoms with Crippen molar-refractivity contribution < 1.29 is 19.2 Å². The first-order chi connectivity index (χ1) is 9.38. The first-order valence-electron chi connectivity index (χ1n) is 5.27. The first-order valence-corrected chi connectivity index (χ1v) is 5.65. The van der Waals surface area contributed by atoms with E-state index in [4.69, 9.17) is 16.7 Å². The molecule has 0 radical (unpaired) electrons. The van der Waals surface area contributed by atoms with Crippen LogP contribution in [0.5, 0.6) is 0 Å². The van der Waals surface area contributed by atoms with E-state index in [0.29, 0.717) is 0 Å². The molecule has 0 spiro atoms. The lowest BCUT2D eigenvalue weighted by molar-refractivity contribution is -0.389. The fraction of sp³-hybridized carbons (Fsp3) is 0.0909. The predicted molar refractivity (Wildman–Crippen MR) is 66.4 cm³/mol. The van der Waals surface area contributed by atoms with Crippen molar-refractivity contribution in [3.05, 3.63) is 56.5 Å². The zero-order valence-corrected chi connectivity index (χ0v) is 10.5. The van der Waals surface area contributed by atoms with Crippen LogP contribution in [0.2, 0.25) is 5.02 Å². The number of aromatic nitrogens is 2. The van der Waals surface area contributed by atoms with Crippen LogP contribution in [0.4, 0.5) is 10.2 Å². The van der Waals surface area contributed by atoms with Gasteiger partial charge in [-0.05, 0) is 23.1 Å². The molecule has 104 valence electrons. The van der Waals surface area contributed by atoms with Crippen LogP contribution >= 0.6 is 11.6 Å². The number of benzene rings is 1. The molecule has 0 aliphatic rings. The Balaban J connectivity index is 2.34. The summed E-state index contributed by atoms with van der Waals surface area (Å²) in [5.41, 5.74) is -0.0480. The third-order valence-electron chi connectivity index (χ3n) is 2.50. The second kappa shape index (κ2) is 5.25. The number of carboxylic acids is 1. The molecule has 2 aromatic rings. The number of nitro groups is 1. The third kappa shape index (κ3) is 2.75. The molecule has 0 saturated carbocycles. The van der Waals surface area contributed by atoms with E-state index in [-0.39, 0.29) is 22.7 Å². The van der Waals surface area contributed by atoms with Crippen LogP contribution in [0.25, 0.3) is 0 Å². The van der Waals surface area contributed by atoms with Crippen LogP contribution in [0.1, 0.15) is 15.9 Å². The summed E-state index contributed by atoms with van der Waals surface area (Å²) in [5.74, 6) is -2.37. The number of hydrogen-bond donors (Lipinski definition) is 1. The van der Waals surface area contributed by atoms with Gasteiger partial charge in [-0.25, -0.2) is 9.18 Å². The van der Waals surface area contributed by atoms with E-state index >= 15 is 0 Å². The molecule has 0 aliphatic carbocycles. The highest BCUT2D eigenvalue weighted by atomic mass is 35.5. The van der Waals surface area contributed by atoms with Gasteiger partial charge < -0.3 is 15.2 Å². The number of carboxylic acid groups (broad SMARTS) is 1. The molecule has 1 N–H and O–H groups in total. The molecule has 0 saturated heterocycles. The van der Waals surface area contributed by atoms with Gasteiger partial charge in [0.2, 0.25) is 0 Å². The van der Waals surface area contributed by atoms with E-state index in [1.807, 2.05) is 0 Å². The van der Waals surface area contributed by atoms with Gasteiger partial charge >= 0.3 is 11.8 Å². The van der Waals surface area contributed by atoms with Gasteiger partial charge in [-0.2, -0.15) is 4.68 Å². The Kier molecular flexibility index (Phi) is 3.66. The zero-order valence-electron chi connectivity index (χ0n) is 9.79. The van der Waals surface area contributed by atoms with E-state index in [1.54, 1.807) is 0 Å². The SMILES string of the molecule is O=C(O)c1ccc(F)c(Cn2cc(Cl)c([N+](=O)[O-])n2)c1. The fourth-order valence-electron chi connectivity index (χ4n) is 1.60. The van der Waals surface area contributed by atoms with Crippen molar-refractivity contribution in [3.8, 4) is 0 Å². The van der Waals surface area contributed by atoms with Crippen LogP contribution in [0.3, 0.4) is 0 Å². The molecule has 0 bridgehead atoms. The molecule has 1 heterocycles. The van der Waals surface area contributed by atoms with Crippen LogP contribution < -0.4 is 0 Å². The second-order valence-electron chi connectivity index (χ2n) is 3.87. The summed E-state index contributed by atoms with van der Waals surface area (Å²) in [4.78, 5) is 20.6. The lowest BCUT2D eigenvalue weighted by Crippen LogP contribution is -2.06. The number of halogens is 2. The quantitative estimate of drug-likeness (QED) is 0.690. The molecule has 9 heteroatoms. The van der Waals surface area contributed by atoms with Gasteiger partial charge in [-0.15, -0.1) is 0 Å². The first kappa shape index (κ1) is 13.9. The van der Waals surface area contributed by atoms with Gasteiger partial charge in [-0.1, -0.05) is 11.6 Å². The van der Waals surface area contributed by atoms with Crippen LogP contribution in [-0.4, -0.2) is 25.8 Å². The van der Waals surface area contributed by atoms with E-state index in [1.165, 1.54) is 6.20 Å². The molecule has 20 heavy (non-hydrogen) atoms. The van der Waals surface area contributed by atoms with Crippen LogP contribution in [-0.2, 0) is 6.54 Å². The summed E-state index contributed by atoms with van der Waals surface area (Å²) in [5, 5.41) is 22.8. The number of hydrogen-bond acceptors (Lipinski definition) is 4. The zero-order chi connectivity index (χ0) is 14.9. The van der Waals surface area contributed by atoms with Crippen molar-refractivity contribution in [3.63, 3.8) is 0 Å². The summed E-state index contributed by atoms with van der Waals surface area (Å²) in [6, 6.07) is 3.27. The summed E-state index contributed by atoms with van der Waals surface area (Å²) >= 11 is 5.61. The van der Waals surface area contributed by atoms with Crippen molar-refractivity contribution in [1.82, 2.24) is 9.78 Å². The fourth-order valence-corrected chi connectivity index (χ4v) is 1.81. The van der Waals surface area contributed by atoms with E-state index in [0.717, 1.165) is 22.9 Å². The van der Waals surface area contributed by atoms with Gasteiger partial charge in [0.25, 0.3) is 0 Å². The summed E-state index contributed by atoms with van der Waals surface area (Å²) in [6.07, 6.45) is 1.17. The normalized spacial score (nSPS) is 10.5. The molecule has 1 aromatic heterocycles. The topological polar surface area (TPSA) is 98.3 Å². The molecule has 0 fully saturated rings. The second-order valence-corrected chi connectivity index (χ2v) is 4.27. The largest absolute Gasteiger partial charge is 0.478 e. The van der Waals surface area contributed by atoms with Gasteiger partial charge in [0.15, 0.2) is 5.02 Å². The number of nitrogens with zero attached hydrogens (tertiary/aromatic N) is 3. The Bertz CT molecular complexity index is 701. The summed E-state index contributed by atoms with van der Waals surface area (Å²) in [7, 11) is 0. The molecule has 7 nitrogen and oxygen atoms in total.